The van der Waals surface area contributed by atoms with E-state index in [0.717, 1.165) is 0 Å². The summed E-state index contributed by atoms with van der Waals surface area (Å²) < 4.78 is 51.2. The Balaban J connectivity index is 1.72. The normalized spacial score (nSPS) is 29.4. The predicted molar refractivity (Wildman–Crippen MR) is 104 cm³/mol. The predicted octanol–water partition coefficient (Wildman–Crippen LogP) is 2.00. The monoisotopic (exact) mass is 430 g/mol. The fourth-order valence-corrected chi connectivity index (χ4v) is 4.73. The Morgan fingerprint density at radius 1 is 1.38 bits per heavy atom. The third-order valence-electron chi connectivity index (χ3n) is 5.80. The highest BCUT2D eigenvalue weighted by atomic mass is 32.2. The number of allylic oxidation sites excluding steroid dienone is 1. The van der Waals surface area contributed by atoms with Gasteiger partial charge in [-0.3, -0.25) is 14.4 Å². The SMILES string of the molecule is C=CCC1(N2CCC(O)CC2)CC=C(N2C[C@@H](CCS(=O)(=O)O)OC2=O)C=C1F. The third kappa shape index (κ3) is 4.88. The Labute approximate surface area is 170 Å². The number of cyclic esters (lactones) is 1. The molecule has 2 fully saturated rings. The molecule has 0 bridgehead atoms. The second-order valence-corrected chi connectivity index (χ2v) is 9.33. The van der Waals surface area contributed by atoms with E-state index >= 15 is 4.39 Å². The number of piperidine rings is 1. The lowest BCUT2D eigenvalue weighted by molar-refractivity contribution is 0.0220. The van der Waals surface area contributed by atoms with Gasteiger partial charge in [0.05, 0.1) is 23.9 Å². The smallest absolute Gasteiger partial charge is 0.414 e. The van der Waals surface area contributed by atoms with Crippen molar-refractivity contribution < 1.29 is 32.0 Å². The van der Waals surface area contributed by atoms with Crippen LogP contribution < -0.4 is 0 Å². The number of rotatable bonds is 7. The molecule has 2 saturated heterocycles. The zero-order chi connectivity index (χ0) is 21.2. The molecule has 29 heavy (non-hydrogen) atoms. The maximum absolute atomic E-state index is 15.4. The van der Waals surface area contributed by atoms with Gasteiger partial charge < -0.3 is 9.84 Å². The lowest BCUT2D eigenvalue weighted by atomic mass is 9.82. The minimum atomic E-state index is -4.15. The van der Waals surface area contributed by atoms with E-state index in [4.69, 9.17) is 9.29 Å². The van der Waals surface area contributed by atoms with Crippen molar-refractivity contribution in [3.05, 3.63) is 36.3 Å². The summed E-state index contributed by atoms with van der Waals surface area (Å²) in [5.41, 5.74) is -0.502. The zero-order valence-electron chi connectivity index (χ0n) is 16.2. The minimum absolute atomic E-state index is 0.0307. The number of halogens is 1. The van der Waals surface area contributed by atoms with Gasteiger partial charge in [0.2, 0.25) is 0 Å². The zero-order valence-corrected chi connectivity index (χ0v) is 17.0. The van der Waals surface area contributed by atoms with Crippen molar-refractivity contribution in [2.24, 2.45) is 0 Å². The summed E-state index contributed by atoms with van der Waals surface area (Å²) in [7, 11) is -4.15. The van der Waals surface area contributed by atoms with Crippen LogP contribution in [0.2, 0.25) is 0 Å². The van der Waals surface area contributed by atoms with Crippen LogP contribution in [0.4, 0.5) is 9.18 Å². The van der Waals surface area contributed by atoms with Gasteiger partial charge >= 0.3 is 6.09 Å². The quantitative estimate of drug-likeness (QED) is 0.470. The van der Waals surface area contributed by atoms with Crippen LogP contribution in [0.1, 0.15) is 32.1 Å². The molecule has 2 heterocycles. The fourth-order valence-electron chi connectivity index (χ4n) is 4.17. The van der Waals surface area contributed by atoms with E-state index in [-0.39, 0.29) is 24.9 Å². The molecule has 3 rings (SSSR count). The number of amides is 1. The van der Waals surface area contributed by atoms with E-state index in [2.05, 4.69) is 6.58 Å². The molecule has 10 heteroatoms. The molecule has 2 atom stereocenters. The topological polar surface area (TPSA) is 107 Å². The molecule has 3 aliphatic rings. The van der Waals surface area contributed by atoms with Gasteiger partial charge in [-0.15, -0.1) is 6.58 Å². The molecule has 1 unspecified atom stereocenters. The molecule has 0 aromatic heterocycles. The standard InChI is InChI=1S/C19H27FN2O6S/c1-2-7-19(21-9-4-15(23)5-10-21)8-3-14(12-17(19)20)22-13-16(28-18(22)24)6-11-29(25,26)27/h2-3,12,15-16,23H,1,4-11,13H2,(H,25,26,27)/t16-,19?/m1/s1. The van der Waals surface area contributed by atoms with Crippen molar-refractivity contribution >= 4 is 16.2 Å². The number of carbonyl (C=O) groups excluding carboxylic acids is 1. The van der Waals surface area contributed by atoms with Crippen molar-refractivity contribution in [1.82, 2.24) is 9.80 Å². The Bertz CT molecular complexity index is 819. The third-order valence-corrected chi connectivity index (χ3v) is 6.56. The second kappa shape index (κ2) is 8.55. The van der Waals surface area contributed by atoms with Crippen molar-refractivity contribution in [2.75, 3.05) is 25.4 Å². The van der Waals surface area contributed by atoms with Crippen LogP contribution in [0.25, 0.3) is 0 Å². The van der Waals surface area contributed by atoms with E-state index in [9.17, 15) is 18.3 Å². The van der Waals surface area contributed by atoms with Crippen LogP contribution in [0, 0.1) is 0 Å². The van der Waals surface area contributed by atoms with Crippen LogP contribution in [0.5, 0.6) is 0 Å². The summed E-state index contributed by atoms with van der Waals surface area (Å²) in [4.78, 5) is 15.5. The summed E-state index contributed by atoms with van der Waals surface area (Å²) in [6.07, 6.45) is 4.92. The average molecular weight is 430 g/mol. The average Bonchev–Trinajstić information content (AvgIpc) is 3.03. The number of aliphatic hydroxyl groups is 1. The molecular weight excluding hydrogens is 403 g/mol. The molecule has 1 aliphatic carbocycles. The first-order valence-electron chi connectivity index (χ1n) is 9.70. The molecule has 0 aromatic rings. The van der Waals surface area contributed by atoms with E-state index in [1.54, 1.807) is 12.2 Å². The van der Waals surface area contributed by atoms with Gasteiger partial charge in [-0.05, 0) is 31.8 Å². The Kier molecular flexibility index (Phi) is 6.47. The second-order valence-electron chi connectivity index (χ2n) is 7.76. The van der Waals surface area contributed by atoms with Gasteiger partial charge in [-0.25, -0.2) is 9.18 Å². The molecule has 8 nitrogen and oxygen atoms in total. The minimum Gasteiger partial charge on any atom is -0.444 e. The fraction of sp³-hybridized carbons (Fsp3) is 0.632. The van der Waals surface area contributed by atoms with Gasteiger partial charge in [0.15, 0.2) is 0 Å². The van der Waals surface area contributed by atoms with Gasteiger partial charge in [0.1, 0.15) is 11.9 Å². The first-order chi connectivity index (χ1) is 13.6. The van der Waals surface area contributed by atoms with Crippen LogP contribution >= 0.6 is 0 Å². The van der Waals surface area contributed by atoms with Gasteiger partial charge in [0.25, 0.3) is 10.1 Å². The maximum Gasteiger partial charge on any atom is 0.414 e. The molecule has 2 aliphatic heterocycles. The summed E-state index contributed by atoms with van der Waals surface area (Å²) in [6.45, 7) is 4.99. The highest BCUT2D eigenvalue weighted by Gasteiger charge is 2.44. The number of aliphatic hydroxyl groups excluding tert-OH is 1. The first-order valence-corrected chi connectivity index (χ1v) is 11.3. The summed E-state index contributed by atoms with van der Waals surface area (Å²) in [6, 6.07) is 0. The number of carbonyl (C=O) groups is 1. The molecule has 1 amide bonds. The van der Waals surface area contributed by atoms with E-state index in [1.165, 1.54) is 11.0 Å². The van der Waals surface area contributed by atoms with Gasteiger partial charge in [-0.1, -0.05) is 12.2 Å². The molecule has 0 spiro atoms. The van der Waals surface area contributed by atoms with Crippen molar-refractivity contribution in [3.63, 3.8) is 0 Å². The Morgan fingerprint density at radius 2 is 2.07 bits per heavy atom. The Hall–Kier alpha value is -1.75. The van der Waals surface area contributed by atoms with Crippen molar-refractivity contribution in [2.45, 2.75) is 49.9 Å². The van der Waals surface area contributed by atoms with E-state index in [0.29, 0.717) is 44.5 Å². The van der Waals surface area contributed by atoms with Crippen LogP contribution in [-0.2, 0) is 14.9 Å². The molecule has 0 aromatic carbocycles. The molecule has 0 radical (unpaired) electrons. The molecule has 162 valence electrons. The summed E-state index contributed by atoms with van der Waals surface area (Å²) >= 11 is 0. The number of hydrogen-bond acceptors (Lipinski definition) is 6. The highest BCUT2D eigenvalue weighted by molar-refractivity contribution is 7.85. The number of ether oxygens (including phenoxy) is 1. The largest absolute Gasteiger partial charge is 0.444 e. The van der Waals surface area contributed by atoms with E-state index in [1.807, 2.05) is 4.90 Å². The first kappa shape index (κ1) is 21.9. The van der Waals surface area contributed by atoms with Crippen LogP contribution in [0.3, 0.4) is 0 Å². The summed E-state index contributed by atoms with van der Waals surface area (Å²) in [5, 5.41) is 9.76. The molecule has 0 saturated carbocycles. The summed E-state index contributed by atoms with van der Waals surface area (Å²) in [5.74, 6) is -0.883. The number of likely N-dealkylation sites (tertiary alicyclic amines) is 1. The highest BCUT2D eigenvalue weighted by Crippen LogP contribution is 2.40. The van der Waals surface area contributed by atoms with Crippen molar-refractivity contribution in [3.8, 4) is 0 Å². The molecule has 2 N–H and O–H groups in total. The van der Waals surface area contributed by atoms with Gasteiger partial charge in [-0.2, -0.15) is 8.42 Å². The van der Waals surface area contributed by atoms with Crippen molar-refractivity contribution in [1.29, 1.82) is 0 Å². The van der Waals surface area contributed by atoms with Gasteiger partial charge in [0, 0.05) is 25.2 Å². The number of nitrogens with zero attached hydrogens (tertiary/aromatic N) is 2. The maximum atomic E-state index is 15.4. The van der Waals surface area contributed by atoms with Crippen LogP contribution in [-0.4, -0.2) is 77.1 Å². The number of hydrogen-bond donors (Lipinski definition) is 2. The lowest BCUT2D eigenvalue weighted by Gasteiger charge is -2.46. The lowest BCUT2D eigenvalue weighted by Crippen LogP contribution is -2.53. The van der Waals surface area contributed by atoms with E-state index < -0.39 is 33.6 Å². The van der Waals surface area contributed by atoms with Crippen LogP contribution in [0.15, 0.2) is 36.3 Å². The molecular formula is C19H27FN2O6S. The Morgan fingerprint density at radius 3 is 2.66 bits per heavy atom.